The summed E-state index contributed by atoms with van der Waals surface area (Å²) < 4.78 is 0. The first-order valence-corrected chi connectivity index (χ1v) is 6.43. The summed E-state index contributed by atoms with van der Waals surface area (Å²) in [6, 6.07) is 10.4. The Hall–Kier alpha value is -1.71. The Kier molecular flexibility index (Phi) is 4.45. The lowest BCUT2D eigenvalue weighted by Gasteiger charge is -2.36. The predicted molar refractivity (Wildman–Crippen MR) is 73.6 cm³/mol. The maximum absolute atomic E-state index is 11.8. The molecule has 1 N–H and O–H groups in total. The zero-order valence-corrected chi connectivity index (χ0v) is 10.6. The molecule has 0 saturated carbocycles. The molecule has 1 saturated heterocycles. The van der Waals surface area contributed by atoms with Gasteiger partial charge in [-0.05, 0) is 18.6 Å². The van der Waals surface area contributed by atoms with Crippen molar-refractivity contribution in [2.24, 2.45) is 0 Å². The van der Waals surface area contributed by atoms with E-state index >= 15 is 0 Å². The number of hydrogen-bond acceptors (Lipinski definition) is 2. The molecule has 1 fully saturated rings. The van der Waals surface area contributed by atoms with Crippen molar-refractivity contribution in [2.45, 2.75) is 6.42 Å². The molecule has 2 rings (SSSR count). The van der Waals surface area contributed by atoms with Gasteiger partial charge >= 0.3 is 6.03 Å². The van der Waals surface area contributed by atoms with Crippen molar-refractivity contribution in [3.63, 3.8) is 0 Å². The Bertz CT molecular complexity index is 372. The molecular formula is C14H20N3O. The minimum atomic E-state index is 0.0337. The number of rotatable bonds is 3. The molecule has 1 heterocycles. The molecule has 0 spiro atoms. The van der Waals surface area contributed by atoms with Crippen molar-refractivity contribution in [3.05, 3.63) is 37.3 Å². The largest absolute Gasteiger partial charge is 0.368 e. The van der Waals surface area contributed by atoms with Crippen LogP contribution < -0.4 is 10.2 Å². The van der Waals surface area contributed by atoms with Gasteiger partial charge in [-0.1, -0.05) is 25.1 Å². The van der Waals surface area contributed by atoms with Crippen LogP contribution in [0.15, 0.2) is 30.3 Å². The van der Waals surface area contributed by atoms with Crippen LogP contribution in [-0.4, -0.2) is 43.7 Å². The summed E-state index contributed by atoms with van der Waals surface area (Å²) in [7, 11) is 0. The van der Waals surface area contributed by atoms with Gasteiger partial charge in [0, 0.05) is 38.4 Å². The number of carbonyl (C=O) groups excluding carboxylic acids is 1. The maximum atomic E-state index is 11.8. The molecule has 0 bridgehead atoms. The SMILES string of the molecule is [CH2]CCNC(=O)N1CCN(c2ccccc2)CC1. The van der Waals surface area contributed by atoms with Gasteiger partial charge in [0.15, 0.2) is 0 Å². The average molecular weight is 246 g/mol. The van der Waals surface area contributed by atoms with E-state index < -0.39 is 0 Å². The standard InChI is InChI=1S/C14H20N3O/c1-2-8-15-14(18)17-11-9-16(10-12-17)13-6-4-3-5-7-13/h3-7H,1-2,8-12H2,(H,15,18). The van der Waals surface area contributed by atoms with Crippen LogP contribution in [0.25, 0.3) is 0 Å². The fourth-order valence-electron chi connectivity index (χ4n) is 2.11. The van der Waals surface area contributed by atoms with E-state index in [1.165, 1.54) is 5.69 Å². The maximum Gasteiger partial charge on any atom is 0.317 e. The summed E-state index contributed by atoms with van der Waals surface area (Å²) in [4.78, 5) is 15.9. The Labute approximate surface area is 109 Å². The molecule has 4 heteroatoms. The molecule has 97 valence electrons. The Morgan fingerprint density at radius 3 is 2.44 bits per heavy atom. The number of hydrogen-bond donors (Lipinski definition) is 1. The Balaban J connectivity index is 1.83. The van der Waals surface area contributed by atoms with Crippen molar-refractivity contribution in [1.82, 2.24) is 10.2 Å². The number of nitrogens with zero attached hydrogens (tertiary/aromatic N) is 2. The highest BCUT2D eigenvalue weighted by molar-refractivity contribution is 5.74. The number of anilines is 1. The molecule has 1 aromatic carbocycles. The highest BCUT2D eigenvalue weighted by atomic mass is 16.2. The second-order valence-corrected chi connectivity index (χ2v) is 4.40. The predicted octanol–water partition coefficient (Wildman–Crippen LogP) is 1.74. The van der Waals surface area contributed by atoms with E-state index in [1.807, 2.05) is 23.1 Å². The minimum absolute atomic E-state index is 0.0337. The zero-order chi connectivity index (χ0) is 12.8. The molecule has 1 radical (unpaired) electrons. The van der Waals surface area contributed by atoms with Gasteiger partial charge < -0.3 is 15.1 Å². The van der Waals surface area contributed by atoms with Crippen molar-refractivity contribution in [3.8, 4) is 0 Å². The van der Waals surface area contributed by atoms with E-state index in [1.54, 1.807) is 0 Å². The van der Waals surface area contributed by atoms with Gasteiger partial charge in [-0.2, -0.15) is 0 Å². The molecule has 2 amide bonds. The molecule has 0 atom stereocenters. The first-order chi connectivity index (χ1) is 8.81. The lowest BCUT2D eigenvalue weighted by atomic mass is 10.2. The van der Waals surface area contributed by atoms with Crippen LogP contribution in [0.3, 0.4) is 0 Å². The fraction of sp³-hybridized carbons (Fsp3) is 0.429. The van der Waals surface area contributed by atoms with E-state index in [2.05, 4.69) is 29.3 Å². The third-order valence-corrected chi connectivity index (χ3v) is 3.14. The van der Waals surface area contributed by atoms with E-state index in [9.17, 15) is 4.79 Å². The van der Waals surface area contributed by atoms with Crippen LogP contribution >= 0.6 is 0 Å². The summed E-state index contributed by atoms with van der Waals surface area (Å²) >= 11 is 0. The van der Waals surface area contributed by atoms with Gasteiger partial charge in [0.25, 0.3) is 0 Å². The molecule has 0 unspecified atom stereocenters. The zero-order valence-electron chi connectivity index (χ0n) is 10.6. The van der Waals surface area contributed by atoms with Gasteiger partial charge in [-0.3, -0.25) is 0 Å². The molecule has 0 aromatic heterocycles. The van der Waals surface area contributed by atoms with Crippen LogP contribution in [0.2, 0.25) is 0 Å². The van der Waals surface area contributed by atoms with Crippen LogP contribution in [-0.2, 0) is 0 Å². The smallest absolute Gasteiger partial charge is 0.317 e. The van der Waals surface area contributed by atoms with E-state index in [4.69, 9.17) is 0 Å². The van der Waals surface area contributed by atoms with Crippen LogP contribution in [0.1, 0.15) is 6.42 Å². The number of carbonyl (C=O) groups is 1. The summed E-state index contributed by atoms with van der Waals surface area (Å²) in [6.45, 7) is 7.70. The molecule has 1 aliphatic rings. The number of nitrogens with one attached hydrogen (secondary N) is 1. The fourth-order valence-corrected chi connectivity index (χ4v) is 2.11. The van der Waals surface area contributed by atoms with Gasteiger partial charge in [-0.25, -0.2) is 4.79 Å². The summed E-state index contributed by atoms with van der Waals surface area (Å²) in [5.74, 6) is 0. The third-order valence-electron chi connectivity index (χ3n) is 3.14. The summed E-state index contributed by atoms with van der Waals surface area (Å²) in [5, 5.41) is 2.86. The highest BCUT2D eigenvalue weighted by Crippen LogP contribution is 2.15. The van der Waals surface area contributed by atoms with E-state index in [-0.39, 0.29) is 6.03 Å². The first-order valence-electron chi connectivity index (χ1n) is 6.43. The lowest BCUT2D eigenvalue weighted by Crippen LogP contribution is -2.52. The second-order valence-electron chi connectivity index (χ2n) is 4.40. The number of benzene rings is 1. The van der Waals surface area contributed by atoms with Gasteiger partial charge in [0.2, 0.25) is 0 Å². The third kappa shape index (κ3) is 3.15. The number of urea groups is 1. The molecule has 0 aliphatic carbocycles. The van der Waals surface area contributed by atoms with Crippen molar-refractivity contribution >= 4 is 11.7 Å². The topological polar surface area (TPSA) is 35.6 Å². The van der Waals surface area contributed by atoms with E-state index in [0.717, 1.165) is 32.6 Å². The van der Waals surface area contributed by atoms with Crippen molar-refractivity contribution in [1.29, 1.82) is 0 Å². The number of para-hydroxylation sites is 1. The number of piperazine rings is 1. The Morgan fingerprint density at radius 2 is 1.83 bits per heavy atom. The Morgan fingerprint density at radius 1 is 1.17 bits per heavy atom. The average Bonchev–Trinajstić information content (AvgIpc) is 2.46. The number of amides is 2. The van der Waals surface area contributed by atoms with Crippen molar-refractivity contribution < 1.29 is 4.79 Å². The quantitative estimate of drug-likeness (QED) is 0.882. The van der Waals surface area contributed by atoms with E-state index in [0.29, 0.717) is 6.54 Å². The normalized spacial score (nSPS) is 15.6. The van der Waals surface area contributed by atoms with Gasteiger partial charge in [0.05, 0.1) is 0 Å². The first kappa shape index (κ1) is 12.7. The van der Waals surface area contributed by atoms with Crippen molar-refractivity contribution in [2.75, 3.05) is 37.6 Å². The van der Waals surface area contributed by atoms with Gasteiger partial charge in [0.1, 0.15) is 0 Å². The monoisotopic (exact) mass is 246 g/mol. The molecule has 1 aliphatic heterocycles. The van der Waals surface area contributed by atoms with Gasteiger partial charge in [-0.15, -0.1) is 0 Å². The molecule has 1 aromatic rings. The molecule has 4 nitrogen and oxygen atoms in total. The summed E-state index contributed by atoms with van der Waals surface area (Å²) in [5.41, 5.74) is 1.23. The minimum Gasteiger partial charge on any atom is -0.368 e. The lowest BCUT2D eigenvalue weighted by molar-refractivity contribution is 0.194. The summed E-state index contributed by atoms with van der Waals surface area (Å²) in [6.07, 6.45) is 0.732. The van der Waals surface area contributed by atoms with Crippen LogP contribution in [0.5, 0.6) is 0 Å². The van der Waals surface area contributed by atoms with Crippen LogP contribution in [0, 0.1) is 6.92 Å². The molecule has 18 heavy (non-hydrogen) atoms. The second kappa shape index (κ2) is 6.28. The molecular weight excluding hydrogens is 226 g/mol. The van der Waals surface area contributed by atoms with Crippen LogP contribution in [0.4, 0.5) is 10.5 Å². The highest BCUT2D eigenvalue weighted by Gasteiger charge is 2.20.